The van der Waals surface area contributed by atoms with E-state index in [9.17, 15) is 5.26 Å². The molecule has 0 heterocycles. The summed E-state index contributed by atoms with van der Waals surface area (Å²) in [6.45, 7) is 0. The van der Waals surface area contributed by atoms with E-state index in [0.717, 1.165) is 28.0 Å². The number of benzene rings is 8. The minimum absolute atomic E-state index is 0.459. The lowest BCUT2D eigenvalue weighted by molar-refractivity contribution is 1.25. The first-order chi connectivity index (χ1) is 24.7. The molecule has 8 aromatic rings. The van der Waals surface area contributed by atoms with Gasteiger partial charge >= 0.3 is 0 Å². The molecule has 3 heteroatoms. The fraction of sp³-hybridized carbons (Fsp3) is 0.0213. The van der Waals surface area contributed by atoms with Gasteiger partial charge in [-0.2, -0.15) is 5.26 Å². The molecule has 0 aromatic heterocycles. The van der Waals surface area contributed by atoms with Crippen molar-refractivity contribution in [2.75, 3.05) is 0 Å². The maximum absolute atomic E-state index is 9.25. The molecule has 0 aliphatic heterocycles. The van der Waals surface area contributed by atoms with E-state index in [1.54, 1.807) is 0 Å². The van der Waals surface area contributed by atoms with Gasteiger partial charge in [-0.3, -0.25) is 0 Å². The summed E-state index contributed by atoms with van der Waals surface area (Å²) in [4.78, 5) is 4.96. The largest absolute Gasteiger partial charge is 0.383 e. The zero-order valence-electron chi connectivity index (χ0n) is 27.4. The second-order valence-electron chi connectivity index (χ2n) is 12.4. The lowest BCUT2D eigenvalue weighted by Gasteiger charge is -2.19. The molecule has 50 heavy (non-hydrogen) atoms. The van der Waals surface area contributed by atoms with Gasteiger partial charge in [0.05, 0.1) is 17.3 Å². The molecule has 236 valence electrons. The van der Waals surface area contributed by atoms with Crippen LogP contribution in [0.4, 0.5) is 0 Å². The second kappa shape index (κ2) is 13.4. The predicted molar refractivity (Wildman–Crippen MR) is 210 cm³/mol. The number of hydrogen-bond donors (Lipinski definition) is 1. The lowest BCUT2D eigenvalue weighted by atomic mass is 9.84. The third-order valence-electron chi connectivity index (χ3n) is 9.37. The Bertz CT molecular complexity index is 2590. The van der Waals surface area contributed by atoms with Gasteiger partial charge in [0, 0.05) is 5.56 Å². The number of nitrogens with zero attached hydrogens (tertiary/aromatic N) is 2. The molecule has 0 bridgehead atoms. The van der Waals surface area contributed by atoms with E-state index in [-0.39, 0.29) is 0 Å². The number of aliphatic imine (C=N–C) groups is 1. The molecule has 8 aromatic carbocycles. The Hall–Kier alpha value is -6.76. The number of allylic oxidation sites excluding steroid dienone is 1. The highest BCUT2D eigenvalue weighted by Crippen LogP contribution is 2.46. The zero-order valence-corrected chi connectivity index (χ0v) is 27.4. The van der Waals surface area contributed by atoms with Crippen LogP contribution in [0.2, 0.25) is 0 Å². The number of nitriles is 1. The molecule has 0 radical (unpaired) electrons. The van der Waals surface area contributed by atoms with Crippen molar-refractivity contribution in [3.05, 3.63) is 198 Å². The highest BCUT2D eigenvalue weighted by molar-refractivity contribution is 6.27. The van der Waals surface area contributed by atoms with E-state index in [4.69, 9.17) is 10.7 Å². The van der Waals surface area contributed by atoms with E-state index in [1.807, 2.05) is 54.6 Å². The lowest BCUT2D eigenvalue weighted by Crippen LogP contribution is -2.13. The highest BCUT2D eigenvalue weighted by atomic mass is 14.9. The number of rotatable bonds is 7. The molecule has 0 aliphatic carbocycles. The van der Waals surface area contributed by atoms with Crippen molar-refractivity contribution in [2.45, 2.75) is 6.42 Å². The quantitative estimate of drug-likeness (QED) is 0.0816. The average Bonchev–Trinajstić information content (AvgIpc) is 3.19. The first-order valence-electron chi connectivity index (χ1n) is 16.8. The maximum atomic E-state index is 9.25. The van der Waals surface area contributed by atoms with Crippen LogP contribution in [0.5, 0.6) is 0 Å². The van der Waals surface area contributed by atoms with Gasteiger partial charge in [0.1, 0.15) is 5.84 Å². The van der Waals surface area contributed by atoms with Crippen molar-refractivity contribution in [2.24, 2.45) is 10.7 Å². The van der Waals surface area contributed by atoms with Gasteiger partial charge < -0.3 is 5.73 Å². The summed E-state index contributed by atoms with van der Waals surface area (Å²) in [6.07, 6.45) is 2.76. The zero-order chi connectivity index (χ0) is 33.9. The Morgan fingerprint density at radius 3 is 1.84 bits per heavy atom. The van der Waals surface area contributed by atoms with Crippen LogP contribution in [-0.2, 0) is 6.42 Å². The van der Waals surface area contributed by atoms with E-state index in [0.29, 0.717) is 17.8 Å². The summed E-state index contributed by atoms with van der Waals surface area (Å²) in [5.74, 6) is 0.459. The molecule has 0 amide bonds. The predicted octanol–water partition coefficient (Wildman–Crippen LogP) is 11.3. The Kier molecular flexibility index (Phi) is 8.19. The number of amidine groups is 1. The van der Waals surface area contributed by atoms with Crippen molar-refractivity contribution in [1.82, 2.24) is 0 Å². The van der Waals surface area contributed by atoms with Gasteiger partial charge in [0.2, 0.25) is 0 Å². The van der Waals surface area contributed by atoms with Crippen LogP contribution < -0.4 is 5.73 Å². The highest BCUT2D eigenvalue weighted by Gasteiger charge is 2.18. The summed E-state index contributed by atoms with van der Waals surface area (Å²) in [7, 11) is 0. The van der Waals surface area contributed by atoms with E-state index in [2.05, 4.69) is 127 Å². The minimum Gasteiger partial charge on any atom is -0.383 e. The van der Waals surface area contributed by atoms with Crippen LogP contribution in [-0.4, -0.2) is 5.84 Å². The standard InChI is InChI=1S/C47H33N3/c48-31-33-21-19-32(20-22-33)23-30-43(50-47(49)38-14-5-2-6-15-38)35-24-26-37(27-25-35)45-41-18-10-9-17-40(41)44(36-12-3-1-4-13-36)42-29-28-34-11-7-8-16-39(34)46(42)45/h1-22,24-30H,23H2,(H2,49,50)/b43-30-. The van der Waals surface area contributed by atoms with Gasteiger partial charge in [0.15, 0.2) is 0 Å². The average molecular weight is 640 g/mol. The Balaban J connectivity index is 1.31. The fourth-order valence-electron chi connectivity index (χ4n) is 6.93. The fourth-order valence-corrected chi connectivity index (χ4v) is 6.93. The molecule has 0 unspecified atom stereocenters. The van der Waals surface area contributed by atoms with Gasteiger partial charge in [-0.1, -0.05) is 164 Å². The van der Waals surface area contributed by atoms with Crippen molar-refractivity contribution in [3.8, 4) is 28.3 Å². The maximum Gasteiger partial charge on any atom is 0.131 e. The summed E-state index contributed by atoms with van der Waals surface area (Å²) in [5, 5.41) is 16.6. The van der Waals surface area contributed by atoms with Crippen LogP contribution in [0.25, 0.3) is 60.3 Å². The molecular formula is C47H33N3. The Morgan fingerprint density at radius 2 is 1.14 bits per heavy atom. The van der Waals surface area contributed by atoms with Gasteiger partial charge in [0.25, 0.3) is 0 Å². The molecule has 2 N–H and O–H groups in total. The summed E-state index contributed by atoms with van der Waals surface area (Å²) >= 11 is 0. The van der Waals surface area contributed by atoms with Crippen molar-refractivity contribution >= 4 is 43.9 Å². The molecule has 0 aliphatic rings. The van der Waals surface area contributed by atoms with Crippen molar-refractivity contribution in [1.29, 1.82) is 5.26 Å². The van der Waals surface area contributed by atoms with Gasteiger partial charge in [-0.15, -0.1) is 0 Å². The minimum atomic E-state index is 0.459. The van der Waals surface area contributed by atoms with E-state index in [1.165, 1.54) is 49.0 Å². The van der Waals surface area contributed by atoms with Crippen LogP contribution in [0.1, 0.15) is 22.3 Å². The van der Waals surface area contributed by atoms with Crippen LogP contribution in [0.3, 0.4) is 0 Å². The Morgan fingerprint density at radius 1 is 0.540 bits per heavy atom. The smallest absolute Gasteiger partial charge is 0.131 e. The number of hydrogen-bond acceptors (Lipinski definition) is 2. The topological polar surface area (TPSA) is 62.2 Å². The molecule has 0 saturated heterocycles. The number of fused-ring (bicyclic) bond motifs is 4. The van der Waals surface area contributed by atoms with E-state index < -0.39 is 0 Å². The molecule has 0 atom stereocenters. The molecule has 0 saturated carbocycles. The normalized spacial score (nSPS) is 12.0. The first kappa shape index (κ1) is 30.6. The van der Waals surface area contributed by atoms with Crippen LogP contribution in [0, 0.1) is 11.3 Å². The monoisotopic (exact) mass is 639 g/mol. The molecule has 8 rings (SSSR count). The first-order valence-corrected chi connectivity index (χ1v) is 16.8. The molecule has 3 nitrogen and oxygen atoms in total. The van der Waals surface area contributed by atoms with E-state index >= 15 is 0 Å². The SMILES string of the molecule is N#Cc1ccc(C/C=C(\N=C(N)c2ccccc2)c2ccc(-c3c4ccccc4c(-c4ccccc4)c4ccc5ccccc5c34)cc2)cc1. The van der Waals surface area contributed by atoms with Crippen LogP contribution >= 0.6 is 0 Å². The summed E-state index contributed by atoms with van der Waals surface area (Å²) in [5.41, 5.74) is 15.8. The second-order valence-corrected chi connectivity index (χ2v) is 12.4. The summed E-state index contributed by atoms with van der Waals surface area (Å²) < 4.78 is 0. The molecular weight excluding hydrogens is 607 g/mol. The number of nitrogens with two attached hydrogens (primary N) is 1. The van der Waals surface area contributed by atoms with Crippen molar-refractivity contribution < 1.29 is 0 Å². The Labute approximate surface area is 291 Å². The molecule has 0 fully saturated rings. The van der Waals surface area contributed by atoms with Gasteiger partial charge in [-0.05, 0) is 84.3 Å². The summed E-state index contributed by atoms with van der Waals surface area (Å²) in [6, 6.07) is 61.1. The van der Waals surface area contributed by atoms with Crippen LogP contribution in [0.15, 0.2) is 181 Å². The van der Waals surface area contributed by atoms with Crippen molar-refractivity contribution in [3.63, 3.8) is 0 Å². The third kappa shape index (κ3) is 5.81. The third-order valence-corrected chi connectivity index (χ3v) is 9.37. The molecule has 0 spiro atoms. The van der Waals surface area contributed by atoms with Gasteiger partial charge in [-0.25, -0.2) is 4.99 Å².